The molecule has 0 amide bonds. The van der Waals surface area contributed by atoms with E-state index in [-0.39, 0.29) is 37.5 Å². The van der Waals surface area contributed by atoms with Crippen molar-refractivity contribution >= 4 is 52.4 Å². The van der Waals surface area contributed by atoms with E-state index in [0.29, 0.717) is 11.4 Å². The number of allylic oxidation sites excluding steroid dienone is 3. The number of pyridine rings is 2. The predicted molar refractivity (Wildman–Crippen MR) is 199 cm³/mol. The molecule has 0 aliphatic carbocycles. The van der Waals surface area contributed by atoms with Crippen LogP contribution in [0, 0.1) is 19.3 Å². The van der Waals surface area contributed by atoms with E-state index in [0.717, 1.165) is 11.3 Å². The molecule has 0 saturated heterocycles. The molecule has 254 valence electrons. The van der Waals surface area contributed by atoms with Gasteiger partial charge in [0, 0.05) is 40.5 Å². The Labute approximate surface area is 313 Å². The number of carboxylic acids is 2. The number of thiocarbonyl (C=S) groups is 1. The van der Waals surface area contributed by atoms with Crippen molar-refractivity contribution < 1.29 is 39.3 Å². The molecule has 4 aromatic rings. The number of thiophene rings is 1. The largest absolute Gasteiger partial charge is 2.00 e. The molecular weight excluding hydrogens is 756 g/mol. The molecule has 0 radical (unpaired) electrons. The number of hydrogen-bond donors (Lipinski definition) is 2. The van der Waals surface area contributed by atoms with Crippen molar-refractivity contribution in [3.8, 4) is 10.4 Å². The average molecular weight is 789 g/mol. The summed E-state index contributed by atoms with van der Waals surface area (Å²) in [5, 5.41) is 31.1. The number of aromatic nitrogens is 2. The number of aromatic carboxylic acids is 1. The van der Waals surface area contributed by atoms with Crippen molar-refractivity contribution in [2.75, 3.05) is 0 Å². The Bertz CT molecular complexity index is 2010. The summed E-state index contributed by atoms with van der Waals surface area (Å²) in [6, 6.07) is 19.9. The Kier molecular flexibility index (Phi) is 14.7. The maximum Gasteiger partial charge on any atom is 2.00 e. The molecule has 2 N–H and O–H groups in total. The van der Waals surface area contributed by atoms with Crippen molar-refractivity contribution in [3.63, 3.8) is 0 Å². The number of rotatable bonds is 7. The summed E-state index contributed by atoms with van der Waals surface area (Å²) in [7, 11) is 0. The van der Waals surface area contributed by atoms with Gasteiger partial charge in [-0.3, -0.25) is 19.8 Å². The molecule has 2 atom stereocenters. The van der Waals surface area contributed by atoms with Crippen LogP contribution in [0.3, 0.4) is 0 Å². The maximum atomic E-state index is 11.2. The Morgan fingerprint density at radius 3 is 2.42 bits per heavy atom. The molecule has 0 spiro atoms. The van der Waals surface area contributed by atoms with Crippen LogP contribution in [0.1, 0.15) is 57.1 Å². The Morgan fingerprint density at radius 1 is 1.02 bits per heavy atom. The number of aryl methyl sites for hydroxylation is 2. The zero-order valence-electron chi connectivity index (χ0n) is 27.4. The van der Waals surface area contributed by atoms with Gasteiger partial charge in [0.25, 0.3) is 0 Å². The van der Waals surface area contributed by atoms with E-state index in [2.05, 4.69) is 107 Å². The number of aliphatic imine (C=N–C) groups is 1. The standard InChI is InChI=1S/C24H21N2S.C13H12N2O4.CNS.Ru/c1-17-3-6-20(7-4-17)24-10-9-21(27-24)8-5-19-12-14-26-23(16-19)22-15-18(2)11-13-25-22;1-13(12(18)19)3-5-15-10(7-13)9-6-8(11(16)17)2-4-14-9;2-1-3;/h3-16,23H,1-2H3;2-6H,7H2,1H3,(H,16,17)(H,18,19);;/q-1;;-1;+2/b8-5+;;;. The fraction of sp³-hybridized carbons (Fsp3) is 0.158. The number of nitrogens with zero attached hydrogens (tertiary/aromatic N) is 5. The fourth-order valence-electron chi connectivity index (χ4n) is 4.76. The van der Waals surface area contributed by atoms with Gasteiger partial charge in [0.2, 0.25) is 0 Å². The second-order valence-corrected chi connectivity index (χ2v) is 12.7. The van der Waals surface area contributed by atoms with Gasteiger partial charge in [-0.2, -0.15) is 11.4 Å². The first-order valence-corrected chi connectivity index (χ1v) is 16.3. The topological polar surface area (TPSA) is 149 Å². The Hall–Kier alpha value is -4.99. The van der Waals surface area contributed by atoms with Crippen molar-refractivity contribution in [1.82, 2.24) is 9.97 Å². The molecule has 2 aliphatic rings. The molecule has 3 aromatic heterocycles. The van der Waals surface area contributed by atoms with E-state index in [9.17, 15) is 14.7 Å². The molecule has 9 nitrogen and oxygen atoms in total. The fourth-order valence-corrected chi connectivity index (χ4v) is 5.68. The third-order valence-corrected chi connectivity index (χ3v) is 8.60. The molecule has 1 aromatic carbocycles. The second-order valence-electron chi connectivity index (χ2n) is 11.4. The molecule has 5 heterocycles. The van der Waals surface area contributed by atoms with Crippen LogP contribution in [0.2, 0.25) is 0 Å². The van der Waals surface area contributed by atoms with Crippen LogP contribution >= 0.6 is 23.6 Å². The maximum absolute atomic E-state index is 11.2. The van der Waals surface area contributed by atoms with E-state index in [4.69, 9.17) is 10.5 Å². The number of isothiocyanates is 1. The predicted octanol–water partition coefficient (Wildman–Crippen LogP) is 9.24. The number of hydrogen-bond acceptors (Lipinski definition) is 7. The summed E-state index contributed by atoms with van der Waals surface area (Å²) in [6.07, 6.45) is 16.7. The quantitative estimate of drug-likeness (QED) is 0.108. The first kappa shape index (κ1) is 39.5. The number of carbonyl (C=O) groups is 2. The van der Waals surface area contributed by atoms with E-state index in [1.807, 2.05) is 24.5 Å². The summed E-state index contributed by atoms with van der Waals surface area (Å²) < 4.78 is 0. The van der Waals surface area contributed by atoms with Gasteiger partial charge in [-0.1, -0.05) is 66.3 Å². The van der Waals surface area contributed by atoms with Crippen LogP contribution in [0.4, 0.5) is 0 Å². The SMILES string of the molecule is CC1(C(=O)O)C=CN=C(c2cc(C(=O)O)ccn2)C1.Cc1ccc(-c2ccc(/C=C/C3=CC(c4cc(C)ccn4)[N-]C=C3)s2)cc1.[N-]=C=S.[Ru+2]. The molecule has 12 heteroatoms. The molecule has 0 bridgehead atoms. The van der Waals surface area contributed by atoms with Gasteiger partial charge < -0.3 is 20.9 Å². The van der Waals surface area contributed by atoms with Crippen LogP contribution < -0.4 is 0 Å². The molecule has 2 unspecified atom stereocenters. The van der Waals surface area contributed by atoms with Gasteiger partial charge in [-0.15, -0.1) is 11.3 Å². The second kappa shape index (κ2) is 18.7. The summed E-state index contributed by atoms with van der Waals surface area (Å²) in [5.41, 5.74) is 5.81. The van der Waals surface area contributed by atoms with Crippen LogP contribution in [0.25, 0.3) is 27.2 Å². The zero-order chi connectivity index (χ0) is 35.4. The van der Waals surface area contributed by atoms with Gasteiger partial charge in [-0.05, 0) is 86.0 Å². The Morgan fingerprint density at radius 2 is 1.74 bits per heavy atom. The molecule has 2 aliphatic heterocycles. The van der Waals surface area contributed by atoms with E-state index < -0.39 is 17.4 Å². The van der Waals surface area contributed by atoms with Crippen LogP contribution in [-0.2, 0) is 24.3 Å². The third kappa shape index (κ3) is 11.0. The van der Waals surface area contributed by atoms with Crippen molar-refractivity contribution in [2.24, 2.45) is 10.4 Å². The first-order chi connectivity index (χ1) is 23.5. The van der Waals surface area contributed by atoms with Gasteiger partial charge in [0.15, 0.2) is 0 Å². The van der Waals surface area contributed by atoms with Crippen molar-refractivity contribution in [1.29, 1.82) is 0 Å². The van der Waals surface area contributed by atoms with Crippen LogP contribution in [0.15, 0.2) is 120 Å². The van der Waals surface area contributed by atoms with Gasteiger partial charge >= 0.3 is 31.4 Å². The normalized spacial score (nSPS) is 17.3. The minimum Gasteiger partial charge on any atom is -0.753 e. The van der Waals surface area contributed by atoms with Gasteiger partial charge in [-0.25, -0.2) is 4.79 Å². The number of carboxylic acid groups (broad SMARTS) is 2. The summed E-state index contributed by atoms with van der Waals surface area (Å²) in [4.78, 5) is 37.2. The van der Waals surface area contributed by atoms with Crippen molar-refractivity contribution in [3.05, 3.63) is 159 Å². The molecular formula is C38H33N5O4RuS2. The zero-order valence-corrected chi connectivity index (χ0v) is 30.7. The molecule has 0 fully saturated rings. The first-order valence-electron chi connectivity index (χ1n) is 15.1. The molecule has 50 heavy (non-hydrogen) atoms. The number of aliphatic carboxylic acids is 1. The summed E-state index contributed by atoms with van der Waals surface area (Å²) in [6.45, 7) is 5.78. The Balaban J connectivity index is 0.000000259. The van der Waals surface area contributed by atoms with Gasteiger partial charge in [0.1, 0.15) is 0 Å². The van der Waals surface area contributed by atoms with Crippen LogP contribution in [0.5, 0.6) is 0 Å². The minimum atomic E-state index is -1.06. The molecule has 0 saturated carbocycles. The van der Waals surface area contributed by atoms with Crippen LogP contribution in [-0.4, -0.2) is 43.0 Å². The molecule has 6 rings (SSSR count). The van der Waals surface area contributed by atoms with Gasteiger partial charge in [0.05, 0.1) is 22.4 Å². The summed E-state index contributed by atoms with van der Waals surface area (Å²) in [5.74, 6) is -2.01. The van der Waals surface area contributed by atoms with Crippen molar-refractivity contribution in [2.45, 2.75) is 33.2 Å². The minimum absolute atomic E-state index is 0. The summed E-state index contributed by atoms with van der Waals surface area (Å²) >= 11 is 5.50. The van der Waals surface area contributed by atoms with E-state index in [1.54, 1.807) is 18.3 Å². The van der Waals surface area contributed by atoms with E-state index >= 15 is 0 Å². The third-order valence-electron chi connectivity index (χ3n) is 7.51. The smallest absolute Gasteiger partial charge is 0.753 e. The monoisotopic (exact) mass is 789 g/mol. The number of benzene rings is 1. The van der Waals surface area contributed by atoms with E-state index in [1.165, 1.54) is 62.2 Å². The average Bonchev–Trinajstić information content (AvgIpc) is 3.58.